The first-order valence-corrected chi connectivity index (χ1v) is 10.8. The van der Waals surface area contributed by atoms with E-state index in [0.717, 1.165) is 5.75 Å². The molecule has 0 heterocycles. The number of thioether (sulfide) groups is 3. The van der Waals surface area contributed by atoms with Crippen molar-refractivity contribution in [3.63, 3.8) is 0 Å². The van der Waals surface area contributed by atoms with E-state index in [-0.39, 0.29) is 0 Å². The molecule has 0 amide bonds. The molecule has 0 aromatic heterocycles. The number of thiol groups is 1. The molecule has 0 spiro atoms. The Hall–Kier alpha value is 1.36. The van der Waals surface area contributed by atoms with Crippen molar-refractivity contribution in [3.8, 4) is 0 Å². The summed E-state index contributed by atoms with van der Waals surface area (Å²) in [5, 5.41) is 0. The first-order chi connectivity index (χ1) is 8.72. The third kappa shape index (κ3) is 12.4. The normalized spacial score (nSPS) is 13.2. The number of unbranched alkanes of at least 4 members (excludes halogenated alkanes) is 1. The molecular weight excluding hydrogens is 298 g/mol. The summed E-state index contributed by atoms with van der Waals surface area (Å²) in [7, 11) is 4.39. The summed E-state index contributed by atoms with van der Waals surface area (Å²) in [6, 6.07) is 0.709. The number of hydrogen-bond acceptors (Lipinski definition) is 5. The van der Waals surface area contributed by atoms with Gasteiger partial charge in [0, 0.05) is 34.8 Å². The Kier molecular flexibility index (Phi) is 15.9. The van der Waals surface area contributed by atoms with Crippen LogP contribution in [-0.4, -0.2) is 65.3 Å². The van der Waals surface area contributed by atoms with E-state index >= 15 is 0 Å². The van der Waals surface area contributed by atoms with Crippen LogP contribution >= 0.6 is 47.9 Å². The Labute approximate surface area is 132 Å². The molecule has 1 nitrogen and oxygen atoms in total. The van der Waals surface area contributed by atoms with E-state index in [0.29, 0.717) is 6.04 Å². The van der Waals surface area contributed by atoms with E-state index in [1.165, 1.54) is 47.4 Å². The van der Waals surface area contributed by atoms with Gasteiger partial charge >= 0.3 is 0 Å². The molecule has 0 rings (SSSR count). The summed E-state index contributed by atoms with van der Waals surface area (Å²) in [6.07, 6.45) is 2.70. The van der Waals surface area contributed by atoms with Crippen molar-refractivity contribution in [1.29, 1.82) is 0 Å². The molecule has 110 valence electrons. The fourth-order valence-electron chi connectivity index (χ4n) is 1.32. The van der Waals surface area contributed by atoms with Crippen molar-refractivity contribution < 1.29 is 0 Å². The van der Waals surface area contributed by atoms with Crippen LogP contribution in [0.5, 0.6) is 0 Å². The molecule has 0 aromatic rings. The molecule has 0 aromatic carbocycles. The zero-order valence-electron chi connectivity index (χ0n) is 12.1. The van der Waals surface area contributed by atoms with Crippen LogP contribution < -0.4 is 0 Å². The van der Waals surface area contributed by atoms with Gasteiger partial charge in [-0.25, -0.2) is 0 Å². The molecule has 0 saturated carbocycles. The van der Waals surface area contributed by atoms with Crippen LogP contribution in [0.15, 0.2) is 0 Å². The summed E-state index contributed by atoms with van der Waals surface area (Å²) in [5.41, 5.74) is 0. The minimum atomic E-state index is 0.709. The molecule has 5 heteroatoms. The second-order valence-corrected chi connectivity index (χ2v) is 8.43. The van der Waals surface area contributed by atoms with Gasteiger partial charge < -0.3 is 4.90 Å². The van der Waals surface area contributed by atoms with Gasteiger partial charge in [0.25, 0.3) is 0 Å². The summed E-state index contributed by atoms with van der Waals surface area (Å²) >= 11 is 10.5. The monoisotopic (exact) mass is 327 g/mol. The Balaban J connectivity index is 3.46. The van der Waals surface area contributed by atoms with E-state index < -0.39 is 0 Å². The topological polar surface area (TPSA) is 3.24 Å². The van der Waals surface area contributed by atoms with Gasteiger partial charge in [-0.2, -0.15) is 47.9 Å². The van der Waals surface area contributed by atoms with Crippen molar-refractivity contribution >= 4 is 47.9 Å². The highest BCUT2D eigenvalue weighted by Gasteiger charge is 2.10. The summed E-state index contributed by atoms with van der Waals surface area (Å²) in [6.45, 7) is 2.26. The lowest BCUT2D eigenvalue weighted by molar-refractivity contribution is 0.345. The predicted octanol–water partition coefficient (Wildman–Crippen LogP) is 3.85. The number of hydrogen-bond donors (Lipinski definition) is 1. The highest BCUT2D eigenvalue weighted by molar-refractivity contribution is 8.03. The molecule has 0 N–H and O–H groups in total. The van der Waals surface area contributed by atoms with Crippen molar-refractivity contribution in [2.75, 3.05) is 54.4 Å². The van der Waals surface area contributed by atoms with Gasteiger partial charge in [0.05, 0.1) is 0 Å². The summed E-state index contributed by atoms with van der Waals surface area (Å²) in [4.78, 5) is 2.36. The van der Waals surface area contributed by atoms with Crippen LogP contribution in [-0.2, 0) is 0 Å². The molecule has 0 aliphatic rings. The van der Waals surface area contributed by atoms with E-state index in [9.17, 15) is 0 Å². The quantitative estimate of drug-likeness (QED) is 0.404. The van der Waals surface area contributed by atoms with Gasteiger partial charge in [0.1, 0.15) is 0 Å². The molecule has 0 fully saturated rings. The van der Waals surface area contributed by atoms with Crippen molar-refractivity contribution in [3.05, 3.63) is 0 Å². The smallest absolute Gasteiger partial charge is 0.0270 e. The maximum atomic E-state index is 4.26. The third-order valence-electron chi connectivity index (χ3n) is 2.60. The zero-order valence-corrected chi connectivity index (χ0v) is 15.4. The largest absolute Gasteiger partial charge is 0.305 e. The first kappa shape index (κ1) is 19.4. The lowest BCUT2D eigenvalue weighted by atomic mass is 10.4. The van der Waals surface area contributed by atoms with E-state index in [4.69, 9.17) is 0 Å². The molecule has 18 heavy (non-hydrogen) atoms. The maximum Gasteiger partial charge on any atom is 0.0270 e. The fourth-order valence-corrected chi connectivity index (χ4v) is 5.33. The lowest BCUT2D eigenvalue weighted by Gasteiger charge is -2.23. The average molecular weight is 328 g/mol. The highest BCUT2D eigenvalue weighted by atomic mass is 32.2. The van der Waals surface area contributed by atoms with Crippen LogP contribution in [0.1, 0.15) is 19.8 Å². The predicted molar refractivity (Wildman–Crippen MR) is 98.2 cm³/mol. The van der Waals surface area contributed by atoms with E-state index in [1.54, 1.807) is 0 Å². The molecule has 1 unspecified atom stereocenters. The molecule has 0 aliphatic carbocycles. The third-order valence-corrected chi connectivity index (χ3v) is 6.68. The Bertz CT molecular complexity index is 167. The average Bonchev–Trinajstić information content (AvgIpc) is 2.35. The van der Waals surface area contributed by atoms with Crippen molar-refractivity contribution in [2.45, 2.75) is 25.8 Å². The Morgan fingerprint density at radius 1 is 0.944 bits per heavy atom. The van der Waals surface area contributed by atoms with Gasteiger partial charge in [-0.05, 0) is 32.0 Å². The first-order valence-electron chi connectivity index (χ1n) is 6.72. The SMILES string of the molecule is CCCCSCCSCC(CSCCS)N(C)C. The Morgan fingerprint density at radius 2 is 1.56 bits per heavy atom. The number of nitrogens with zero attached hydrogens (tertiary/aromatic N) is 1. The maximum absolute atomic E-state index is 4.26. The van der Waals surface area contributed by atoms with Gasteiger partial charge in [-0.15, -0.1) is 0 Å². The standard InChI is InChI=1S/C13H29NS4/c1-4-5-7-16-9-10-18-12-13(14(2)3)11-17-8-6-15/h13,15H,4-12H2,1-3H3. The van der Waals surface area contributed by atoms with Gasteiger partial charge in [-0.1, -0.05) is 13.3 Å². The van der Waals surface area contributed by atoms with Gasteiger partial charge in [-0.3, -0.25) is 0 Å². The van der Waals surface area contributed by atoms with Crippen LogP contribution in [0.25, 0.3) is 0 Å². The zero-order chi connectivity index (χ0) is 13.6. The Morgan fingerprint density at radius 3 is 2.11 bits per heavy atom. The van der Waals surface area contributed by atoms with Gasteiger partial charge in [0.2, 0.25) is 0 Å². The number of rotatable bonds is 13. The minimum absolute atomic E-state index is 0.709. The van der Waals surface area contributed by atoms with Crippen LogP contribution in [0.3, 0.4) is 0 Å². The lowest BCUT2D eigenvalue weighted by Crippen LogP contribution is -2.32. The van der Waals surface area contributed by atoms with Crippen LogP contribution in [0.4, 0.5) is 0 Å². The molecular formula is C13H29NS4. The fraction of sp³-hybridized carbons (Fsp3) is 1.00. The van der Waals surface area contributed by atoms with Crippen LogP contribution in [0.2, 0.25) is 0 Å². The molecule has 1 atom stereocenters. The second-order valence-electron chi connectivity index (χ2n) is 4.46. The molecule has 0 radical (unpaired) electrons. The van der Waals surface area contributed by atoms with Gasteiger partial charge in [0.15, 0.2) is 0 Å². The van der Waals surface area contributed by atoms with E-state index in [1.807, 2.05) is 11.8 Å². The molecule has 0 bridgehead atoms. The molecule has 0 saturated heterocycles. The highest BCUT2D eigenvalue weighted by Crippen LogP contribution is 2.15. The van der Waals surface area contributed by atoms with Crippen molar-refractivity contribution in [1.82, 2.24) is 4.90 Å². The van der Waals surface area contributed by atoms with Crippen LogP contribution in [0, 0.1) is 0 Å². The summed E-state index contributed by atoms with van der Waals surface area (Å²) < 4.78 is 0. The summed E-state index contributed by atoms with van der Waals surface area (Å²) in [5.74, 6) is 8.62. The molecule has 0 aliphatic heterocycles. The van der Waals surface area contributed by atoms with E-state index in [2.05, 4.69) is 62.1 Å². The second kappa shape index (κ2) is 14.8. The van der Waals surface area contributed by atoms with Crippen molar-refractivity contribution in [2.24, 2.45) is 0 Å². The minimum Gasteiger partial charge on any atom is -0.305 e.